The van der Waals surface area contributed by atoms with Crippen molar-refractivity contribution in [3.8, 4) is 5.75 Å². The number of aryl methyl sites for hydroxylation is 1. The van der Waals surface area contributed by atoms with E-state index in [1.807, 2.05) is 0 Å². The number of hydrogen-bond donors (Lipinski definition) is 0. The maximum atomic E-state index is 5.59. The molecule has 0 heterocycles. The minimum atomic E-state index is 0.167. The van der Waals surface area contributed by atoms with E-state index in [1.54, 1.807) is 7.11 Å². The van der Waals surface area contributed by atoms with Gasteiger partial charge in [0.1, 0.15) is 5.75 Å². The van der Waals surface area contributed by atoms with Gasteiger partial charge in [-0.15, -0.1) is 0 Å². The molecule has 0 atom stereocenters. The second-order valence-corrected chi connectivity index (χ2v) is 6.07. The second-order valence-electron chi connectivity index (χ2n) is 6.07. The van der Waals surface area contributed by atoms with Gasteiger partial charge in [0.2, 0.25) is 0 Å². The lowest BCUT2D eigenvalue weighted by Crippen LogP contribution is -2.13. The molecule has 0 unspecified atom stereocenters. The predicted molar refractivity (Wildman–Crippen MR) is 79.6 cm³/mol. The van der Waals surface area contributed by atoms with Gasteiger partial charge in [-0.1, -0.05) is 52.0 Å². The van der Waals surface area contributed by atoms with Gasteiger partial charge in [-0.25, -0.2) is 0 Å². The third-order valence-corrected chi connectivity index (χ3v) is 3.19. The summed E-state index contributed by atoms with van der Waals surface area (Å²) in [7, 11) is 1.76. The molecule has 1 rings (SSSR count). The summed E-state index contributed by atoms with van der Waals surface area (Å²) in [6.45, 7) is 15.0. The summed E-state index contributed by atoms with van der Waals surface area (Å²) in [5.74, 6) is 1.04. The first-order valence-corrected chi connectivity index (χ1v) is 6.64. The normalized spacial score (nSPS) is 11.4. The summed E-state index contributed by atoms with van der Waals surface area (Å²) in [5, 5.41) is 0. The largest absolute Gasteiger partial charge is 0.496 e. The summed E-state index contributed by atoms with van der Waals surface area (Å²) in [6, 6.07) is 4.55. The Morgan fingerprint density at radius 1 is 1.22 bits per heavy atom. The standard InChI is InChI=1S/C17H26O/c1-8-13-10-15(17(4,5)6)11-14(9-12(2)3)16(13)18-7/h10-11H,2,8-9H2,1,3-7H3. The van der Waals surface area contributed by atoms with E-state index in [9.17, 15) is 0 Å². The molecule has 0 saturated carbocycles. The van der Waals surface area contributed by atoms with E-state index in [1.165, 1.54) is 22.3 Å². The zero-order valence-corrected chi connectivity index (χ0v) is 12.7. The molecule has 0 saturated heterocycles. The van der Waals surface area contributed by atoms with Crippen LogP contribution in [0.15, 0.2) is 24.3 Å². The van der Waals surface area contributed by atoms with Gasteiger partial charge >= 0.3 is 0 Å². The number of benzene rings is 1. The highest BCUT2D eigenvalue weighted by Gasteiger charge is 2.18. The molecule has 0 aliphatic rings. The van der Waals surface area contributed by atoms with Crippen molar-refractivity contribution >= 4 is 0 Å². The van der Waals surface area contributed by atoms with Gasteiger partial charge in [0.05, 0.1) is 7.11 Å². The van der Waals surface area contributed by atoms with Gasteiger partial charge in [0.25, 0.3) is 0 Å². The van der Waals surface area contributed by atoms with E-state index >= 15 is 0 Å². The van der Waals surface area contributed by atoms with Crippen LogP contribution in [0.1, 0.15) is 51.3 Å². The van der Waals surface area contributed by atoms with Crippen molar-refractivity contribution in [3.05, 3.63) is 41.0 Å². The smallest absolute Gasteiger partial charge is 0.125 e. The third-order valence-electron chi connectivity index (χ3n) is 3.19. The summed E-state index contributed by atoms with van der Waals surface area (Å²) < 4.78 is 5.59. The molecule has 0 fully saturated rings. The van der Waals surface area contributed by atoms with Crippen molar-refractivity contribution in [1.29, 1.82) is 0 Å². The Labute approximate surface area is 112 Å². The van der Waals surface area contributed by atoms with E-state index in [0.717, 1.165) is 18.6 Å². The maximum Gasteiger partial charge on any atom is 0.125 e. The Morgan fingerprint density at radius 3 is 2.17 bits per heavy atom. The zero-order chi connectivity index (χ0) is 13.9. The quantitative estimate of drug-likeness (QED) is 0.701. The average Bonchev–Trinajstić information content (AvgIpc) is 2.25. The van der Waals surface area contributed by atoms with E-state index in [2.05, 4.69) is 53.3 Å². The minimum absolute atomic E-state index is 0.167. The SMILES string of the molecule is C=C(C)Cc1cc(C(C)(C)C)cc(CC)c1OC. The van der Waals surface area contributed by atoms with Crippen molar-refractivity contribution in [2.24, 2.45) is 0 Å². The summed E-state index contributed by atoms with van der Waals surface area (Å²) in [4.78, 5) is 0. The number of hydrogen-bond acceptors (Lipinski definition) is 1. The summed E-state index contributed by atoms with van der Waals surface area (Å²) >= 11 is 0. The molecule has 0 aliphatic carbocycles. The molecule has 0 bridgehead atoms. The van der Waals surface area contributed by atoms with Gasteiger partial charge in [0, 0.05) is 0 Å². The first kappa shape index (κ1) is 14.8. The summed E-state index contributed by atoms with van der Waals surface area (Å²) in [5.41, 5.74) is 5.26. The Bertz CT molecular complexity index is 436. The van der Waals surface area contributed by atoms with Crippen LogP contribution in [-0.2, 0) is 18.3 Å². The van der Waals surface area contributed by atoms with Crippen LogP contribution in [0, 0.1) is 0 Å². The average molecular weight is 246 g/mol. The first-order chi connectivity index (χ1) is 8.29. The lowest BCUT2D eigenvalue weighted by atomic mass is 9.83. The van der Waals surface area contributed by atoms with Crippen LogP contribution in [0.25, 0.3) is 0 Å². The van der Waals surface area contributed by atoms with Gasteiger partial charge in [-0.05, 0) is 41.9 Å². The van der Waals surface area contributed by atoms with E-state index in [-0.39, 0.29) is 5.41 Å². The molecule has 0 spiro atoms. The van der Waals surface area contributed by atoms with E-state index < -0.39 is 0 Å². The van der Waals surface area contributed by atoms with Crippen LogP contribution < -0.4 is 4.74 Å². The Balaban J connectivity index is 3.40. The van der Waals surface area contributed by atoms with Crippen LogP contribution in [0.3, 0.4) is 0 Å². The van der Waals surface area contributed by atoms with Gasteiger partial charge in [-0.3, -0.25) is 0 Å². The third kappa shape index (κ3) is 3.38. The number of rotatable bonds is 4. The van der Waals surface area contributed by atoms with Gasteiger partial charge < -0.3 is 4.74 Å². The van der Waals surface area contributed by atoms with Crippen LogP contribution in [-0.4, -0.2) is 7.11 Å². The molecular formula is C17H26O. The first-order valence-electron chi connectivity index (χ1n) is 6.64. The minimum Gasteiger partial charge on any atom is -0.496 e. The van der Waals surface area contributed by atoms with E-state index in [0.29, 0.717) is 0 Å². The molecule has 0 N–H and O–H groups in total. The van der Waals surface area contributed by atoms with Crippen molar-refractivity contribution < 1.29 is 4.74 Å². The van der Waals surface area contributed by atoms with Crippen molar-refractivity contribution in [2.75, 3.05) is 7.11 Å². The highest BCUT2D eigenvalue weighted by atomic mass is 16.5. The van der Waals surface area contributed by atoms with Crippen LogP contribution >= 0.6 is 0 Å². The van der Waals surface area contributed by atoms with Crippen LogP contribution in [0.4, 0.5) is 0 Å². The van der Waals surface area contributed by atoms with E-state index in [4.69, 9.17) is 4.74 Å². The zero-order valence-electron chi connectivity index (χ0n) is 12.7. The number of methoxy groups -OCH3 is 1. The number of ether oxygens (including phenoxy) is 1. The summed E-state index contributed by atoms with van der Waals surface area (Å²) in [6.07, 6.45) is 1.89. The van der Waals surface area contributed by atoms with Crippen molar-refractivity contribution in [3.63, 3.8) is 0 Å². The van der Waals surface area contributed by atoms with Crippen molar-refractivity contribution in [2.45, 2.75) is 52.9 Å². The molecule has 1 nitrogen and oxygen atoms in total. The van der Waals surface area contributed by atoms with Crippen molar-refractivity contribution in [1.82, 2.24) is 0 Å². The Morgan fingerprint density at radius 2 is 1.78 bits per heavy atom. The molecule has 100 valence electrons. The topological polar surface area (TPSA) is 9.23 Å². The Kier molecular flexibility index (Phi) is 4.61. The molecule has 0 amide bonds. The van der Waals surface area contributed by atoms with Gasteiger partial charge in [0.15, 0.2) is 0 Å². The fourth-order valence-electron chi connectivity index (χ4n) is 2.17. The fraction of sp³-hybridized carbons (Fsp3) is 0.529. The molecule has 0 aromatic heterocycles. The van der Waals surface area contributed by atoms with Crippen LogP contribution in [0.5, 0.6) is 5.75 Å². The molecule has 1 aromatic carbocycles. The maximum absolute atomic E-state index is 5.59. The predicted octanol–water partition coefficient (Wildman–Crippen LogP) is 4.67. The highest BCUT2D eigenvalue weighted by molar-refractivity contribution is 5.48. The molecule has 18 heavy (non-hydrogen) atoms. The lowest BCUT2D eigenvalue weighted by Gasteiger charge is -2.23. The Hall–Kier alpha value is -1.24. The molecular weight excluding hydrogens is 220 g/mol. The molecule has 0 radical (unpaired) electrons. The highest BCUT2D eigenvalue weighted by Crippen LogP contribution is 2.33. The molecule has 1 heteroatoms. The lowest BCUT2D eigenvalue weighted by molar-refractivity contribution is 0.405. The molecule has 1 aromatic rings. The molecule has 0 aliphatic heterocycles. The van der Waals surface area contributed by atoms with Crippen LogP contribution in [0.2, 0.25) is 0 Å². The second kappa shape index (κ2) is 5.60. The van der Waals surface area contributed by atoms with Gasteiger partial charge in [-0.2, -0.15) is 0 Å². The number of allylic oxidation sites excluding steroid dienone is 1. The fourth-order valence-corrected chi connectivity index (χ4v) is 2.17. The monoisotopic (exact) mass is 246 g/mol.